The van der Waals surface area contributed by atoms with Gasteiger partial charge in [-0.3, -0.25) is 9.10 Å². The lowest BCUT2D eigenvalue weighted by molar-refractivity contribution is 0.0947. The average Bonchev–Trinajstić information content (AvgIpc) is 2.95. The van der Waals surface area contributed by atoms with E-state index in [1.54, 1.807) is 92.0 Å². The van der Waals surface area contributed by atoms with Crippen LogP contribution in [0.5, 0.6) is 11.5 Å². The van der Waals surface area contributed by atoms with Crippen LogP contribution in [0.15, 0.2) is 102 Å². The van der Waals surface area contributed by atoms with Crippen molar-refractivity contribution < 1.29 is 22.7 Å². The standard InChI is InChI=1S/C30H29ClN2O5S/c1-22-11-17-25(18-12-22)39(35,36)33(21-23-13-15-24(31)16-14-23)27-8-4-3-7-26(27)30(34)32-19-20-38-29-10-6-5-9-28(29)37-2/h3-18H,19-21H2,1-2H3,(H,32,34). The van der Waals surface area contributed by atoms with Crippen LogP contribution < -0.4 is 19.1 Å². The molecule has 0 unspecified atom stereocenters. The molecule has 0 spiro atoms. The van der Waals surface area contributed by atoms with Gasteiger partial charge in [0.15, 0.2) is 11.5 Å². The van der Waals surface area contributed by atoms with Gasteiger partial charge in [0.05, 0.1) is 36.3 Å². The molecule has 4 aromatic carbocycles. The molecular weight excluding hydrogens is 536 g/mol. The summed E-state index contributed by atoms with van der Waals surface area (Å²) in [7, 11) is -2.47. The highest BCUT2D eigenvalue weighted by Crippen LogP contribution is 2.30. The van der Waals surface area contributed by atoms with Gasteiger partial charge in [0, 0.05) is 5.02 Å². The molecule has 7 nitrogen and oxygen atoms in total. The van der Waals surface area contributed by atoms with Crippen molar-refractivity contribution in [1.82, 2.24) is 5.32 Å². The Kier molecular flexibility index (Phi) is 9.11. The molecule has 1 N–H and O–H groups in total. The van der Waals surface area contributed by atoms with Crippen molar-refractivity contribution in [2.45, 2.75) is 18.4 Å². The third-order valence-corrected chi connectivity index (χ3v) is 8.01. The van der Waals surface area contributed by atoms with Crippen molar-refractivity contribution in [2.75, 3.05) is 24.6 Å². The number of ether oxygens (including phenoxy) is 2. The fourth-order valence-electron chi connectivity index (χ4n) is 3.93. The quantitative estimate of drug-likeness (QED) is 0.231. The molecule has 9 heteroatoms. The van der Waals surface area contributed by atoms with E-state index >= 15 is 0 Å². The third kappa shape index (κ3) is 6.90. The summed E-state index contributed by atoms with van der Waals surface area (Å²) in [6.07, 6.45) is 0. The number of rotatable bonds is 11. The summed E-state index contributed by atoms with van der Waals surface area (Å²) >= 11 is 6.05. The van der Waals surface area contributed by atoms with E-state index in [-0.39, 0.29) is 35.8 Å². The van der Waals surface area contributed by atoms with E-state index < -0.39 is 15.9 Å². The third-order valence-electron chi connectivity index (χ3n) is 5.98. The molecule has 0 bridgehead atoms. The molecule has 0 aliphatic carbocycles. The lowest BCUT2D eigenvalue weighted by Crippen LogP contribution is -2.34. The number of nitrogens with zero attached hydrogens (tertiary/aromatic N) is 1. The predicted molar refractivity (Wildman–Crippen MR) is 153 cm³/mol. The van der Waals surface area contributed by atoms with Crippen LogP contribution in [0.2, 0.25) is 5.02 Å². The molecule has 1 amide bonds. The van der Waals surface area contributed by atoms with Crippen LogP contribution >= 0.6 is 11.6 Å². The summed E-state index contributed by atoms with van der Waals surface area (Å²) in [4.78, 5) is 13.4. The molecule has 202 valence electrons. The number of sulfonamides is 1. The lowest BCUT2D eigenvalue weighted by atomic mass is 10.1. The second-order valence-corrected chi connectivity index (χ2v) is 11.0. The van der Waals surface area contributed by atoms with E-state index in [9.17, 15) is 13.2 Å². The van der Waals surface area contributed by atoms with Crippen LogP contribution in [-0.4, -0.2) is 34.6 Å². The van der Waals surface area contributed by atoms with Gasteiger partial charge in [-0.1, -0.05) is 65.7 Å². The second-order valence-electron chi connectivity index (χ2n) is 8.72. The highest BCUT2D eigenvalue weighted by Gasteiger charge is 2.28. The van der Waals surface area contributed by atoms with Crippen molar-refractivity contribution in [2.24, 2.45) is 0 Å². The zero-order valence-corrected chi connectivity index (χ0v) is 23.2. The van der Waals surface area contributed by atoms with E-state index in [4.69, 9.17) is 21.1 Å². The number of carbonyl (C=O) groups is 1. The number of nitrogens with one attached hydrogen (secondary N) is 1. The molecule has 0 radical (unpaired) electrons. The number of hydrogen-bond acceptors (Lipinski definition) is 5. The fraction of sp³-hybridized carbons (Fsp3) is 0.167. The van der Waals surface area contributed by atoms with Gasteiger partial charge in [0.2, 0.25) is 0 Å². The SMILES string of the molecule is COc1ccccc1OCCNC(=O)c1ccccc1N(Cc1ccc(Cl)cc1)S(=O)(=O)c1ccc(C)cc1. The number of methoxy groups -OCH3 is 1. The fourth-order valence-corrected chi connectivity index (χ4v) is 5.53. The van der Waals surface area contributed by atoms with Crippen molar-refractivity contribution in [3.63, 3.8) is 0 Å². The summed E-state index contributed by atoms with van der Waals surface area (Å²) in [6, 6.07) is 27.4. The molecule has 0 fully saturated rings. The van der Waals surface area contributed by atoms with E-state index in [0.717, 1.165) is 11.1 Å². The van der Waals surface area contributed by atoms with Gasteiger partial charge in [-0.2, -0.15) is 0 Å². The Morgan fingerprint density at radius 2 is 1.51 bits per heavy atom. The van der Waals surface area contributed by atoms with Gasteiger partial charge >= 0.3 is 0 Å². The molecule has 0 aliphatic rings. The molecule has 0 aliphatic heterocycles. The van der Waals surface area contributed by atoms with Crippen LogP contribution in [0, 0.1) is 6.92 Å². The zero-order chi connectivity index (χ0) is 27.8. The molecule has 4 aromatic rings. The van der Waals surface area contributed by atoms with Crippen LogP contribution in [0.25, 0.3) is 0 Å². The van der Waals surface area contributed by atoms with Crippen molar-refractivity contribution in [3.05, 3.63) is 119 Å². The van der Waals surface area contributed by atoms with E-state index in [0.29, 0.717) is 16.5 Å². The highest BCUT2D eigenvalue weighted by atomic mass is 35.5. The molecule has 4 rings (SSSR count). The average molecular weight is 565 g/mol. The van der Waals surface area contributed by atoms with Crippen molar-refractivity contribution >= 4 is 33.2 Å². The van der Waals surface area contributed by atoms with Crippen LogP contribution in [0.3, 0.4) is 0 Å². The van der Waals surface area contributed by atoms with E-state index in [1.807, 2.05) is 19.1 Å². The topological polar surface area (TPSA) is 84.9 Å². The first-order chi connectivity index (χ1) is 18.8. The first-order valence-corrected chi connectivity index (χ1v) is 14.1. The second kappa shape index (κ2) is 12.7. The Bertz CT molecular complexity index is 1520. The summed E-state index contributed by atoms with van der Waals surface area (Å²) in [5.41, 5.74) is 2.14. The molecule has 39 heavy (non-hydrogen) atoms. The largest absolute Gasteiger partial charge is 0.493 e. The Morgan fingerprint density at radius 1 is 0.872 bits per heavy atom. The van der Waals surface area contributed by atoms with Gasteiger partial charge in [-0.05, 0) is 61.0 Å². The molecule has 0 atom stereocenters. The van der Waals surface area contributed by atoms with Gasteiger partial charge in [-0.15, -0.1) is 0 Å². The maximum atomic E-state index is 13.9. The van der Waals surface area contributed by atoms with Crippen molar-refractivity contribution in [3.8, 4) is 11.5 Å². The number of para-hydroxylation sites is 3. The Labute approximate surface area is 234 Å². The minimum absolute atomic E-state index is 0.00852. The zero-order valence-electron chi connectivity index (χ0n) is 21.6. The minimum atomic E-state index is -4.02. The smallest absolute Gasteiger partial charge is 0.264 e. The normalized spacial score (nSPS) is 11.1. The first-order valence-electron chi connectivity index (χ1n) is 12.3. The van der Waals surface area contributed by atoms with Crippen LogP contribution in [0.4, 0.5) is 5.69 Å². The number of anilines is 1. The van der Waals surface area contributed by atoms with Crippen LogP contribution in [0.1, 0.15) is 21.5 Å². The summed E-state index contributed by atoms with van der Waals surface area (Å²) in [5.74, 6) is 0.732. The Morgan fingerprint density at radius 3 is 2.21 bits per heavy atom. The van der Waals surface area contributed by atoms with E-state index in [2.05, 4.69) is 5.32 Å². The van der Waals surface area contributed by atoms with E-state index in [1.165, 1.54) is 4.31 Å². The van der Waals surface area contributed by atoms with Gasteiger partial charge in [0.25, 0.3) is 15.9 Å². The lowest BCUT2D eigenvalue weighted by Gasteiger charge is -2.27. The minimum Gasteiger partial charge on any atom is -0.493 e. The number of aryl methyl sites for hydroxylation is 1. The summed E-state index contributed by atoms with van der Waals surface area (Å²) in [6.45, 7) is 2.30. The van der Waals surface area contributed by atoms with Crippen molar-refractivity contribution in [1.29, 1.82) is 0 Å². The first kappa shape index (κ1) is 28.0. The van der Waals surface area contributed by atoms with Gasteiger partial charge < -0.3 is 14.8 Å². The molecule has 0 heterocycles. The molecule has 0 saturated heterocycles. The summed E-state index contributed by atoms with van der Waals surface area (Å²) < 4.78 is 40.1. The van der Waals surface area contributed by atoms with Crippen LogP contribution in [-0.2, 0) is 16.6 Å². The monoisotopic (exact) mass is 564 g/mol. The number of hydrogen-bond donors (Lipinski definition) is 1. The molecule has 0 saturated carbocycles. The van der Waals surface area contributed by atoms with Gasteiger partial charge in [-0.25, -0.2) is 8.42 Å². The molecular formula is C30H29ClN2O5S. The number of carbonyl (C=O) groups excluding carboxylic acids is 1. The summed E-state index contributed by atoms with van der Waals surface area (Å²) in [5, 5.41) is 3.37. The maximum Gasteiger partial charge on any atom is 0.264 e. The number of benzene rings is 4. The Balaban J connectivity index is 1.60. The molecule has 0 aromatic heterocycles. The maximum absolute atomic E-state index is 13.9. The Hall–Kier alpha value is -4.01. The van der Waals surface area contributed by atoms with Gasteiger partial charge in [0.1, 0.15) is 6.61 Å². The highest BCUT2D eigenvalue weighted by molar-refractivity contribution is 7.92. The predicted octanol–water partition coefficient (Wildman–Crippen LogP) is 5.86. The number of amides is 1. The number of halogens is 1.